The van der Waals surface area contributed by atoms with E-state index in [0.717, 1.165) is 6.07 Å². The highest BCUT2D eigenvalue weighted by Gasteiger charge is 2.20. The summed E-state index contributed by atoms with van der Waals surface area (Å²) in [4.78, 5) is -0.728. The van der Waals surface area contributed by atoms with Gasteiger partial charge in [-0.3, -0.25) is 0 Å². The van der Waals surface area contributed by atoms with E-state index in [2.05, 4.69) is 4.72 Å². The molecule has 2 aromatic rings. The van der Waals surface area contributed by atoms with Crippen molar-refractivity contribution < 1.29 is 22.3 Å². The maximum atomic E-state index is 13.8. The van der Waals surface area contributed by atoms with E-state index >= 15 is 0 Å². The van der Waals surface area contributed by atoms with E-state index in [1.54, 1.807) is 24.3 Å². The Hall–Kier alpha value is -1.83. The predicted octanol–water partition coefficient (Wildman–Crippen LogP) is 2.24. The van der Waals surface area contributed by atoms with Crippen LogP contribution in [0.2, 0.25) is 0 Å². The van der Waals surface area contributed by atoms with Crippen LogP contribution in [0.25, 0.3) is 0 Å². The van der Waals surface area contributed by atoms with Gasteiger partial charge >= 0.3 is 0 Å². The zero-order chi connectivity index (χ0) is 16.3. The van der Waals surface area contributed by atoms with Crippen LogP contribution in [-0.2, 0) is 23.2 Å². The molecule has 0 bridgehead atoms. The fourth-order valence-electron chi connectivity index (χ4n) is 1.93. The molecule has 2 aromatic carbocycles. The average Bonchev–Trinajstić information content (AvgIpc) is 2.49. The minimum Gasteiger partial charge on any atom is -0.392 e. The van der Waals surface area contributed by atoms with Crippen LogP contribution in [-0.4, -0.2) is 13.5 Å². The van der Waals surface area contributed by atoms with Crippen LogP contribution in [0.4, 0.5) is 8.78 Å². The number of aryl methyl sites for hydroxylation is 1. The van der Waals surface area contributed by atoms with Crippen molar-refractivity contribution in [2.45, 2.75) is 25.0 Å². The maximum Gasteiger partial charge on any atom is 0.243 e. The number of rotatable bonds is 5. The Bertz CT molecular complexity index is 791. The van der Waals surface area contributed by atoms with Crippen molar-refractivity contribution in [3.63, 3.8) is 0 Å². The van der Waals surface area contributed by atoms with Crippen molar-refractivity contribution in [3.05, 3.63) is 64.7 Å². The Morgan fingerprint density at radius 2 is 1.77 bits per heavy atom. The zero-order valence-corrected chi connectivity index (χ0v) is 12.6. The third-order valence-electron chi connectivity index (χ3n) is 3.14. The molecule has 0 heterocycles. The molecule has 0 aliphatic carbocycles. The van der Waals surface area contributed by atoms with Gasteiger partial charge in [0.2, 0.25) is 10.0 Å². The van der Waals surface area contributed by atoms with E-state index in [1.165, 1.54) is 6.92 Å². The fraction of sp³-hybridized carbons (Fsp3) is 0.200. The molecule has 0 aliphatic heterocycles. The number of halogens is 2. The molecule has 0 aromatic heterocycles. The Kier molecular flexibility index (Phi) is 4.90. The summed E-state index contributed by atoms with van der Waals surface area (Å²) in [7, 11) is -4.18. The van der Waals surface area contributed by atoms with Crippen LogP contribution in [0.15, 0.2) is 41.3 Å². The molecule has 7 heteroatoms. The minimum atomic E-state index is -4.18. The molecular formula is C15H15F2NO3S. The molecule has 118 valence electrons. The molecule has 4 nitrogen and oxygen atoms in total. The first-order chi connectivity index (χ1) is 10.3. The van der Waals surface area contributed by atoms with Gasteiger partial charge in [-0.25, -0.2) is 21.9 Å². The van der Waals surface area contributed by atoms with Crippen LogP contribution in [0.5, 0.6) is 0 Å². The van der Waals surface area contributed by atoms with Crippen LogP contribution in [0.1, 0.15) is 16.7 Å². The molecule has 22 heavy (non-hydrogen) atoms. The molecule has 0 saturated carbocycles. The quantitative estimate of drug-likeness (QED) is 0.885. The first kappa shape index (κ1) is 16.5. The fourth-order valence-corrected chi connectivity index (χ4v) is 3.01. The van der Waals surface area contributed by atoms with Gasteiger partial charge in [-0.15, -0.1) is 0 Å². The molecule has 0 unspecified atom stereocenters. The van der Waals surface area contributed by atoms with Gasteiger partial charge in [-0.2, -0.15) is 0 Å². The molecule has 0 saturated heterocycles. The lowest BCUT2D eigenvalue weighted by atomic mass is 10.1. The van der Waals surface area contributed by atoms with Crippen LogP contribution in [0, 0.1) is 18.6 Å². The summed E-state index contributed by atoms with van der Waals surface area (Å²) in [6, 6.07) is 8.14. The standard InChI is InChI=1S/C15H15F2NO3S/c1-10-5-14(17)15(7-13(10)16)22(20,21)18-8-11-3-2-4-12(6-11)9-19/h2-7,18-19H,8-9H2,1H3. The van der Waals surface area contributed by atoms with Crippen molar-refractivity contribution in [2.24, 2.45) is 0 Å². The summed E-state index contributed by atoms with van der Waals surface area (Å²) in [5.41, 5.74) is 1.26. The Labute approximate surface area is 127 Å². The van der Waals surface area contributed by atoms with Crippen molar-refractivity contribution in [2.75, 3.05) is 0 Å². The van der Waals surface area contributed by atoms with E-state index in [1.807, 2.05) is 0 Å². The van der Waals surface area contributed by atoms with Crippen molar-refractivity contribution in [1.82, 2.24) is 4.72 Å². The van der Waals surface area contributed by atoms with Crippen molar-refractivity contribution >= 4 is 10.0 Å². The smallest absolute Gasteiger partial charge is 0.243 e. The number of sulfonamides is 1. The highest BCUT2D eigenvalue weighted by Crippen LogP contribution is 2.19. The third kappa shape index (κ3) is 3.68. The molecule has 0 fully saturated rings. The number of benzene rings is 2. The van der Waals surface area contributed by atoms with E-state index in [4.69, 9.17) is 5.11 Å². The van der Waals surface area contributed by atoms with Gasteiger partial charge in [0.05, 0.1) is 6.61 Å². The SMILES string of the molecule is Cc1cc(F)c(S(=O)(=O)NCc2cccc(CO)c2)cc1F. The normalized spacial score (nSPS) is 11.6. The number of aliphatic hydroxyl groups is 1. The van der Waals surface area contributed by atoms with E-state index in [9.17, 15) is 17.2 Å². The summed E-state index contributed by atoms with van der Waals surface area (Å²) in [6.45, 7) is 1.09. The number of hydrogen-bond donors (Lipinski definition) is 2. The van der Waals surface area contributed by atoms with Gasteiger partial charge in [0.15, 0.2) is 0 Å². The highest BCUT2D eigenvalue weighted by molar-refractivity contribution is 7.89. The molecule has 2 rings (SSSR count). The zero-order valence-electron chi connectivity index (χ0n) is 11.8. The first-order valence-electron chi connectivity index (χ1n) is 6.47. The second-order valence-electron chi connectivity index (χ2n) is 4.83. The van der Waals surface area contributed by atoms with E-state index in [0.29, 0.717) is 17.2 Å². The molecule has 0 atom stereocenters. The highest BCUT2D eigenvalue weighted by atomic mass is 32.2. The van der Waals surface area contributed by atoms with Gasteiger partial charge in [0, 0.05) is 6.54 Å². The molecule has 0 radical (unpaired) electrons. The monoisotopic (exact) mass is 327 g/mol. The van der Waals surface area contributed by atoms with E-state index in [-0.39, 0.29) is 18.7 Å². The molecule has 0 amide bonds. The summed E-state index contributed by atoms with van der Waals surface area (Å²) >= 11 is 0. The second kappa shape index (κ2) is 6.51. The van der Waals surface area contributed by atoms with Gasteiger partial charge in [0.25, 0.3) is 0 Å². The molecular weight excluding hydrogens is 312 g/mol. The Morgan fingerprint density at radius 1 is 1.09 bits per heavy atom. The molecule has 0 aliphatic rings. The largest absolute Gasteiger partial charge is 0.392 e. The Morgan fingerprint density at radius 3 is 2.45 bits per heavy atom. The summed E-state index contributed by atoms with van der Waals surface area (Å²) in [5, 5.41) is 9.03. The van der Waals surface area contributed by atoms with Gasteiger partial charge in [0.1, 0.15) is 16.5 Å². The number of hydrogen-bond acceptors (Lipinski definition) is 3. The van der Waals surface area contributed by atoms with Gasteiger partial charge in [-0.05, 0) is 35.7 Å². The number of aliphatic hydroxyl groups excluding tert-OH is 1. The molecule has 2 N–H and O–H groups in total. The summed E-state index contributed by atoms with van der Waals surface area (Å²) < 4.78 is 53.6. The lowest BCUT2D eigenvalue weighted by Crippen LogP contribution is -2.24. The van der Waals surface area contributed by atoms with Crippen molar-refractivity contribution in [3.8, 4) is 0 Å². The predicted molar refractivity (Wildman–Crippen MR) is 77.5 cm³/mol. The lowest BCUT2D eigenvalue weighted by molar-refractivity contribution is 0.281. The molecule has 0 spiro atoms. The first-order valence-corrected chi connectivity index (χ1v) is 7.96. The third-order valence-corrected chi connectivity index (χ3v) is 4.56. The van der Waals surface area contributed by atoms with Crippen LogP contribution >= 0.6 is 0 Å². The van der Waals surface area contributed by atoms with Gasteiger partial charge in [-0.1, -0.05) is 24.3 Å². The Balaban J connectivity index is 2.23. The lowest BCUT2D eigenvalue weighted by Gasteiger charge is -2.09. The summed E-state index contributed by atoms with van der Waals surface area (Å²) in [5.74, 6) is -1.79. The summed E-state index contributed by atoms with van der Waals surface area (Å²) in [6.07, 6.45) is 0. The van der Waals surface area contributed by atoms with Crippen LogP contribution in [0.3, 0.4) is 0 Å². The van der Waals surface area contributed by atoms with Crippen molar-refractivity contribution in [1.29, 1.82) is 0 Å². The van der Waals surface area contributed by atoms with E-state index < -0.39 is 26.6 Å². The average molecular weight is 327 g/mol. The van der Waals surface area contributed by atoms with Gasteiger partial charge < -0.3 is 5.11 Å². The number of nitrogens with one attached hydrogen (secondary N) is 1. The van der Waals surface area contributed by atoms with Crippen LogP contribution < -0.4 is 4.72 Å². The second-order valence-corrected chi connectivity index (χ2v) is 6.57. The minimum absolute atomic E-state index is 0.0343. The topological polar surface area (TPSA) is 66.4 Å². The maximum absolute atomic E-state index is 13.8.